The number of carboxylic acid groups (broad SMARTS) is 1. The first kappa shape index (κ1) is 21.8. The molecule has 4 rings (SSSR count). The van der Waals surface area contributed by atoms with Crippen molar-refractivity contribution in [1.29, 1.82) is 5.26 Å². The second kappa shape index (κ2) is 8.64. The van der Waals surface area contributed by atoms with Crippen molar-refractivity contribution in [3.05, 3.63) is 98.7 Å². The van der Waals surface area contributed by atoms with Crippen molar-refractivity contribution in [1.82, 2.24) is 0 Å². The van der Waals surface area contributed by atoms with Gasteiger partial charge in [0.15, 0.2) is 5.43 Å². The summed E-state index contributed by atoms with van der Waals surface area (Å²) in [6.07, 6.45) is 0. The summed E-state index contributed by atoms with van der Waals surface area (Å²) in [5.74, 6) is -0.579. The van der Waals surface area contributed by atoms with Gasteiger partial charge < -0.3 is 14.8 Å². The Labute approximate surface area is 190 Å². The predicted molar refractivity (Wildman–Crippen MR) is 128 cm³/mol. The molecule has 0 fully saturated rings. The number of hydrogen-bond donors (Lipinski definition) is 2. The van der Waals surface area contributed by atoms with Gasteiger partial charge >= 0.3 is 5.97 Å². The molecule has 0 aliphatic rings. The maximum absolute atomic E-state index is 13.3. The minimum absolute atomic E-state index is 0.126. The minimum Gasteiger partial charge on any atom is -0.478 e. The number of fused-ring (bicyclic) bond motifs is 1. The molecule has 6 heteroatoms. The quantitative estimate of drug-likeness (QED) is 0.407. The third-order valence-corrected chi connectivity index (χ3v) is 5.66. The highest BCUT2D eigenvalue weighted by Gasteiger charge is 2.20. The normalized spacial score (nSPS) is 11.7. The van der Waals surface area contributed by atoms with Crippen molar-refractivity contribution in [3.63, 3.8) is 0 Å². The average Bonchev–Trinajstić information content (AvgIpc) is 2.81. The Kier molecular flexibility index (Phi) is 5.72. The van der Waals surface area contributed by atoms with Gasteiger partial charge in [0.05, 0.1) is 28.6 Å². The summed E-state index contributed by atoms with van der Waals surface area (Å²) in [6, 6.07) is 19.1. The van der Waals surface area contributed by atoms with Gasteiger partial charge in [0.1, 0.15) is 11.3 Å². The number of carbonyl (C=O) groups is 1. The molecule has 0 amide bonds. The molecule has 0 spiro atoms. The Balaban J connectivity index is 1.88. The van der Waals surface area contributed by atoms with E-state index in [1.807, 2.05) is 19.9 Å². The first-order valence-electron chi connectivity index (χ1n) is 10.5. The largest absolute Gasteiger partial charge is 0.478 e. The van der Waals surface area contributed by atoms with Crippen molar-refractivity contribution < 1.29 is 14.3 Å². The van der Waals surface area contributed by atoms with Crippen LogP contribution in [0.2, 0.25) is 0 Å². The highest BCUT2D eigenvalue weighted by Crippen LogP contribution is 2.32. The summed E-state index contributed by atoms with van der Waals surface area (Å²) in [6.45, 7) is 5.53. The maximum atomic E-state index is 13.3. The molecule has 1 aromatic heterocycles. The van der Waals surface area contributed by atoms with Crippen LogP contribution in [0.4, 0.5) is 5.69 Å². The summed E-state index contributed by atoms with van der Waals surface area (Å²) >= 11 is 0. The number of aryl methyl sites for hydroxylation is 1. The monoisotopic (exact) mass is 438 g/mol. The van der Waals surface area contributed by atoms with Gasteiger partial charge in [-0.2, -0.15) is 5.26 Å². The number of rotatable bonds is 5. The predicted octanol–water partition coefficient (Wildman–Crippen LogP) is 5.82. The van der Waals surface area contributed by atoms with Gasteiger partial charge in [-0.1, -0.05) is 18.2 Å². The Morgan fingerprint density at radius 2 is 1.79 bits per heavy atom. The molecule has 0 saturated carbocycles. The van der Waals surface area contributed by atoms with Crippen LogP contribution < -0.4 is 10.7 Å². The van der Waals surface area contributed by atoms with E-state index in [9.17, 15) is 14.7 Å². The molecule has 0 radical (unpaired) electrons. The average molecular weight is 438 g/mol. The van der Waals surface area contributed by atoms with Gasteiger partial charge in [-0.25, -0.2) is 4.79 Å². The number of para-hydroxylation sites is 1. The summed E-state index contributed by atoms with van der Waals surface area (Å²) < 4.78 is 6.32. The van der Waals surface area contributed by atoms with Gasteiger partial charge in [-0.15, -0.1) is 0 Å². The highest BCUT2D eigenvalue weighted by atomic mass is 16.4. The molecule has 0 aliphatic heterocycles. The number of nitrogens with zero attached hydrogens (tertiary/aromatic N) is 1. The first-order chi connectivity index (χ1) is 15.8. The smallest absolute Gasteiger partial charge is 0.337 e. The molecule has 2 N–H and O–H groups in total. The summed E-state index contributed by atoms with van der Waals surface area (Å²) in [5.41, 5.74) is 4.32. The zero-order valence-electron chi connectivity index (χ0n) is 18.5. The van der Waals surface area contributed by atoms with Crippen molar-refractivity contribution in [2.24, 2.45) is 0 Å². The lowest BCUT2D eigenvalue weighted by atomic mass is 9.98. The van der Waals surface area contributed by atoms with E-state index < -0.39 is 5.97 Å². The molecule has 164 valence electrons. The van der Waals surface area contributed by atoms with Crippen molar-refractivity contribution >= 4 is 22.6 Å². The van der Waals surface area contributed by atoms with E-state index in [4.69, 9.17) is 9.68 Å². The molecule has 0 unspecified atom stereocenters. The number of benzene rings is 3. The maximum Gasteiger partial charge on any atom is 0.337 e. The topological polar surface area (TPSA) is 103 Å². The van der Waals surface area contributed by atoms with Crippen molar-refractivity contribution in [2.75, 3.05) is 5.32 Å². The van der Waals surface area contributed by atoms with Crippen LogP contribution >= 0.6 is 0 Å². The Bertz CT molecular complexity index is 1480. The molecule has 4 aromatic rings. The summed E-state index contributed by atoms with van der Waals surface area (Å²) in [4.78, 5) is 24.9. The minimum atomic E-state index is -1.02. The van der Waals surface area contributed by atoms with Crippen LogP contribution in [-0.4, -0.2) is 11.1 Å². The second-order valence-electron chi connectivity index (χ2n) is 8.02. The van der Waals surface area contributed by atoms with Gasteiger partial charge in [-0.3, -0.25) is 4.79 Å². The number of aromatic carboxylic acids is 1. The first-order valence-corrected chi connectivity index (χ1v) is 10.5. The molecule has 1 atom stereocenters. The highest BCUT2D eigenvalue weighted by molar-refractivity contribution is 5.94. The standard InChI is InChI=1S/C27H22N2O4/c1-15-12-21(17(3)29-23-7-5-4-6-20(23)27(31)32)26-22(13-15)24(30)16(2)25(33-26)19-10-8-18(14-28)9-11-19/h4-13,17,29H,1-3H3,(H,31,32)/t17-/m1/s1. The SMILES string of the molecule is Cc1cc([C@@H](C)Nc2ccccc2C(=O)O)c2oc(-c3ccc(C#N)cc3)c(C)c(=O)c2c1. The van der Waals surface area contributed by atoms with E-state index in [1.165, 1.54) is 6.07 Å². The molecule has 0 saturated heterocycles. The third-order valence-electron chi connectivity index (χ3n) is 5.66. The molecule has 6 nitrogen and oxygen atoms in total. The molecule has 33 heavy (non-hydrogen) atoms. The Hall–Kier alpha value is -4.37. The second-order valence-corrected chi connectivity index (χ2v) is 8.02. The summed E-state index contributed by atoms with van der Waals surface area (Å²) in [5, 5.41) is 22.3. The third kappa shape index (κ3) is 4.09. The number of nitriles is 1. The molecule has 1 heterocycles. The number of hydrogen-bond acceptors (Lipinski definition) is 5. The fourth-order valence-electron chi connectivity index (χ4n) is 3.97. The molecular formula is C27H22N2O4. The zero-order chi connectivity index (χ0) is 23.7. The molecule has 0 aliphatic carbocycles. The van der Waals surface area contributed by atoms with E-state index >= 15 is 0 Å². The van der Waals surface area contributed by atoms with Crippen LogP contribution in [0, 0.1) is 25.2 Å². The Morgan fingerprint density at radius 3 is 2.45 bits per heavy atom. The number of nitrogens with one attached hydrogen (secondary N) is 1. The van der Waals surface area contributed by atoms with Crippen LogP contribution in [0.15, 0.2) is 69.9 Å². The van der Waals surface area contributed by atoms with Gasteiger partial charge in [0, 0.05) is 22.4 Å². The lowest BCUT2D eigenvalue weighted by Gasteiger charge is -2.20. The van der Waals surface area contributed by atoms with Crippen molar-refractivity contribution in [2.45, 2.75) is 26.8 Å². The Morgan fingerprint density at radius 1 is 1.09 bits per heavy atom. The van der Waals surface area contributed by atoms with Crippen molar-refractivity contribution in [3.8, 4) is 17.4 Å². The van der Waals surface area contributed by atoms with Crippen LogP contribution in [-0.2, 0) is 0 Å². The lowest BCUT2D eigenvalue weighted by Crippen LogP contribution is -2.14. The molecular weight excluding hydrogens is 416 g/mol. The lowest BCUT2D eigenvalue weighted by molar-refractivity contribution is 0.0698. The zero-order valence-corrected chi connectivity index (χ0v) is 18.5. The van der Waals surface area contributed by atoms with Crippen LogP contribution in [0.1, 0.15) is 45.6 Å². The molecule has 3 aromatic carbocycles. The van der Waals surface area contributed by atoms with Gasteiger partial charge in [0.25, 0.3) is 0 Å². The van der Waals surface area contributed by atoms with Gasteiger partial charge in [0.2, 0.25) is 0 Å². The van der Waals surface area contributed by atoms with Crippen LogP contribution in [0.5, 0.6) is 0 Å². The van der Waals surface area contributed by atoms with Crippen LogP contribution in [0.3, 0.4) is 0 Å². The fourth-order valence-corrected chi connectivity index (χ4v) is 3.97. The van der Waals surface area contributed by atoms with E-state index in [1.54, 1.807) is 55.5 Å². The fraction of sp³-hybridized carbons (Fsp3) is 0.148. The number of carboxylic acids is 1. The van der Waals surface area contributed by atoms with Crippen LogP contribution in [0.25, 0.3) is 22.3 Å². The van der Waals surface area contributed by atoms with E-state index in [2.05, 4.69) is 11.4 Å². The van der Waals surface area contributed by atoms with E-state index in [0.717, 1.165) is 11.1 Å². The number of anilines is 1. The van der Waals surface area contributed by atoms with E-state index in [-0.39, 0.29) is 17.0 Å². The van der Waals surface area contributed by atoms with E-state index in [0.29, 0.717) is 39.1 Å². The summed E-state index contributed by atoms with van der Waals surface area (Å²) in [7, 11) is 0. The molecule has 0 bridgehead atoms. The van der Waals surface area contributed by atoms with Gasteiger partial charge in [-0.05, 0) is 68.8 Å².